The van der Waals surface area contributed by atoms with Crippen LogP contribution >= 0.6 is 0 Å². The van der Waals surface area contributed by atoms with Gasteiger partial charge in [0.25, 0.3) is 0 Å². The third-order valence-corrected chi connectivity index (χ3v) is 2.26. The zero-order valence-electron chi connectivity index (χ0n) is 7.43. The van der Waals surface area contributed by atoms with Crippen molar-refractivity contribution in [2.45, 2.75) is 18.9 Å². The Hall–Kier alpha value is -1.71. The topological polar surface area (TPSA) is 66.8 Å². The fourth-order valence-corrected chi connectivity index (χ4v) is 1.55. The van der Waals surface area contributed by atoms with E-state index in [1.165, 1.54) is 6.07 Å². The number of phenolic OH excluding ortho intramolecular Hbond substituents is 1. The summed E-state index contributed by atoms with van der Waals surface area (Å²) in [5, 5.41) is 17.9. The molecule has 0 bridgehead atoms. The quantitative estimate of drug-likeness (QED) is 0.704. The summed E-state index contributed by atoms with van der Waals surface area (Å²) < 4.78 is 5.24. The first-order valence-electron chi connectivity index (χ1n) is 4.38. The SMILES string of the molecule is O=C(O)[C@H]1CCc2cc(O)ccc2O1. The molecular formula is C10H10O4. The standard InChI is InChI=1S/C10H10O4/c11-7-2-4-8-6(5-7)1-3-9(14-8)10(12)13/h2,4-5,9,11H,1,3H2,(H,12,13)/t9-/m1/s1. The number of ether oxygens (including phenoxy) is 1. The Morgan fingerprint density at radius 2 is 2.29 bits per heavy atom. The van der Waals surface area contributed by atoms with Gasteiger partial charge in [-0.2, -0.15) is 0 Å². The molecular weight excluding hydrogens is 184 g/mol. The van der Waals surface area contributed by atoms with Gasteiger partial charge in [-0.05, 0) is 36.6 Å². The molecule has 2 N–H and O–H groups in total. The molecule has 4 nitrogen and oxygen atoms in total. The van der Waals surface area contributed by atoms with Gasteiger partial charge in [-0.1, -0.05) is 0 Å². The van der Waals surface area contributed by atoms with E-state index in [-0.39, 0.29) is 5.75 Å². The molecule has 74 valence electrons. The molecule has 0 saturated carbocycles. The van der Waals surface area contributed by atoms with Crippen LogP contribution in [0.5, 0.6) is 11.5 Å². The molecule has 1 atom stereocenters. The Labute approximate surface area is 80.7 Å². The van der Waals surface area contributed by atoms with E-state index in [1.807, 2.05) is 0 Å². The highest BCUT2D eigenvalue weighted by Gasteiger charge is 2.25. The molecule has 0 aliphatic carbocycles. The number of carboxylic acids is 1. The van der Waals surface area contributed by atoms with Crippen LogP contribution in [0.3, 0.4) is 0 Å². The third-order valence-electron chi connectivity index (χ3n) is 2.26. The van der Waals surface area contributed by atoms with Gasteiger partial charge in [0.15, 0.2) is 6.10 Å². The Morgan fingerprint density at radius 1 is 1.50 bits per heavy atom. The lowest BCUT2D eigenvalue weighted by Gasteiger charge is -2.22. The number of phenols is 1. The number of fused-ring (bicyclic) bond motifs is 1. The molecule has 14 heavy (non-hydrogen) atoms. The molecule has 1 aromatic rings. The molecule has 0 aromatic heterocycles. The smallest absolute Gasteiger partial charge is 0.344 e. The number of hydrogen-bond donors (Lipinski definition) is 2. The molecule has 1 aliphatic heterocycles. The minimum atomic E-state index is -0.941. The van der Waals surface area contributed by atoms with Gasteiger partial charge in [0.05, 0.1) is 0 Å². The zero-order valence-corrected chi connectivity index (χ0v) is 7.43. The van der Waals surface area contributed by atoms with E-state index in [2.05, 4.69) is 0 Å². The van der Waals surface area contributed by atoms with Crippen LogP contribution in [-0.2, 0) is 11.2 Å². The van der Waals surface area contributed by atoms with Gasteiger partial charge in [0.1, 0.15) is 11.5 Å². The molecule has 0 fully saturated rings. The number of carboxylic acid groups (broad SMARTS) is 1. The maximum atomic E-state index is 10.7. The Morgan fingerprint density at radius 3 is 3.00 bits per heavy atom. The maximum Gasteiger partial charge on any atom is 0.344 e. The first-order chi connectivity index (χ1) is 6.66. The highest BCUT2D eigenvalue weighted by atomic mass is 16.5. The van der Waals surface area contributed by atoms with E-state index in [9.17, 15) is 9.90 Å². The Kier molecular flexibility index (Phi) is 2.04. The second-order valence-electron chi connectivity index (χ2n) is 3.28. The van der Waals surface area contributed by atoms with Crippen LogP contribution in [0.25, 0.3) is 0 Å². The fraction of sp³-hybridized carbons (Fsp3) is 0.300. The molecule has 0 saturated heterocycles. The van der Waals surface area contributed by atoms with E-state index in [0.717, 1.165) is 5.56 Å². The number of aromatic hydroxyl groups is 1. The normalized spacial score (nSPS) is 19.6. The van der Waals surface area contributed by atoms with Gasteiger partial charge in [-0.25, -0.2) is 4.79 Å². The van der Waals surface area contributed by atoms with Gasteiger partial charge >= 0.3 is 5.97 Å². The van der Waals surface area contributed by atoms with Gasteiger partial charge in [-0.3, -0.25) is 0 Å². The predicted molar refractivity (Wildman–Crippen MR) is 48.5 cm³/mol. The molecule has 1 aromatic carbocycles. The van der Waals surface area contributed by atoms with Crippen LogP contribution in [0, 0.1) is 0 Å². The van der Waals surface area contributed by atoms with Crippen molar-refractivity contribution in [1.29, 1.82) is 0 Å². The summed E-state index contributed by atoms with van der Waals surface area (Å²) in [7, 11) is 0. The first kappa shape index (κ1) is 8.87. The summed E-state index contributed by atoms with van der Waals surface area (Å²) in [6.07, 6.45) is 0.319. The van der Waals surface area contributed by atoms with E-state index in [4.69, 9.17) is 9.84 Å². The summed E-state index contributed by atoms with van der Waals surface area (Å²) in [5.41, 5.74) is 0.863. The molecule has 2 rings (SSSR count). The van der Waals surface area contributed by atoms with Gasteiger partial charge < -0.3 is 14.9 Å². The maximum absolute atomic E-state index is 10.7. The molecule has 4 heteroatoms. The second kappa shape index (κ2) is 3.21. The van der Waals surface area contributed by atoms with Crippen molar-refractivity contribution >= 4 is 5.97 Å². The molecule has 0 unspecified atom stereocenters. The average Bonchev–Trinajstić information content (AvgIpc) is 2.16. The van der Waals surface area contributed by atoms with E-state index >= 15 is 0 Å². The summed E-state index contributed by atoms with van der Waals surface area (Å²) in [6.45, 7) is 0. The average molecular weight is 194 g/mol. The van der Waals surface area contributed by atoms with Crippen molar-refractivity contribution in [3.63, 3.8) is 0 Å². The summed E-state index contributed by atoms with van der Waals surface area (Å²) in [5.74, 6) is -0.202. The molecule has 1 aliphatic rings. The van der Waals surface area contributed by atoms with Crippen molar-refractivity contribution in [3.05, 3.63) is 23.8 Å². The van der Waals surface area contributed by atoms with Crippen molar-refractivity contribution in [3.8, 4) is 11.5 Å². The van der Waals surface area contributed by atoms with Crippen LogP contribution in [0.1, 0.15) is 12.0 Å². The van der Waals surface area contributed by atoms with Crippen molar-refractivity contribution in [2.75, 3.05) is 0 Å². The first-order valence-corrected chi connectivity index (χ1v) is 4.38. The van der Waals surface area contributed by atoms with Crippen molar-refractivity contribution in [2.24, 2.45) is 0 Å². The highest BCUT2D eigenvalue weighted by Crippen LogP contribution is 2.30. The summed E-state index contributed by atoms with van der Waals surface area (Å²) in [6, 6.07) is 4.69. The lowest BCUT2D eigenvalue weighted by molar-refractivity contribution is -0.145. The lowest BCUT2D eigenvalue weighted by Crippen LogP contribution is -2.30. The molecule has 1 heterocycles. The Balaban J connectivity index is 2.27. The molecule has 0 amide bonds. The van der Waals surface area contributed by atoms with Gasteiger partial charge in [-0.15, -0.1) is 0 Å². The second-order valence-corrected chi connectivity index (χ2v) is 3.28. The van der Waals surface area contributed by atoms with Gasteiger partial charge in [0.2, 0.25) is 0 Å². The highest BCUT2D eigenvalue weighted by molar-refractivity contribution is 5.73. The summed E-state index contributed by atoms with van der Waals surface area (Å²) >= 11 is 0. The largest absolute Gasteiger partial charge is 0.508 e. The molecule has 0 spiro atoms. The van der Waals surface area contributed by atoms with E-state index in [0.29, 0.717) is 18.6 Å². The number of benzene rings is 1. The zero-order chi connectivity index (χ0) is 10.1. The van der Waals surface area contributed by atoms with Crippen LogP contribution in [0.15, 0.2) is 18.2 Å². The van der Waals surface area contributed by atoms with Crippen LogP contribution in [0.4, 0.5) is 0 Å². The monoisotopic (exact) mass is 194 g/mol. The number of hydrogen-bond acceptors (Lipinski definition) is 3. The lowest BCUT2D eigenvalue weighted by atomic mass is 10.0. The number of rotatable bonds is 1. The number of carbonyl (C=O) groups is 1. The third kappa shape index (κ3) is 1.51. The predicted octanol–water partition coefficient (Wildman–Crippen LogP) is 1.17. The minimum absolute atomic E-state index is 0.182. The van der Waals surface area contributed by atoms with Gasteiger partial charge in [0, 0.05) is 0 Å². The Bertz CT molecular complexity index is 372. The van der Waals surface area contributed by atoms with E-state index in [1.54, 1.807) is 12.1 Å². The number of aliphatic carboxylic acids is 1. The summed E-state index contributed by atoms with van der Waals surface area (Å²) in [4.78, 5) is 10.7. The van der Waals surface area contributed by atoms with Crippen LogP contribution < -0.4 is 4.74 Å². The molecule has 0 radical (unpaired) electrons. The minimum Gasteiger partial charge on any atom is -0.508 e. The van der Waals surface area contributed by atoms with Crippen LogP contribution in [-0.4, -0.2) is 22.3 Å². The van der Waals surface area contributed by atoms with E-state index < -0.39 is 12.1 Å². The number of aryl methyl sites for hydroxylation is 1. The fourth-order valence-electron chi connectivity index (χ4n) is 1.55. The van der Waals surface area contributed by atoms with Crippen molar-refractivity contribution in [1.82, 2.24) is 0 Å². The van der Waals surface area contributed by atoms with Crippen molar-refractivity contribution < 1.29 is 19.7 Å². The van der Waals surface area contributed by atoms with Crippen LogP contribution in [0.2, 0.25) is 0 Å².